The molecule has 0 saturated carbocycles. The molecule has 0 unspecified atom stereocenters. The molecule has 0 bridgehead atoms. The number of cyclic esters (lactones) is 2. The molecule has 0 aromatic rings. The quantitative estimate of drug-likeness (QED) is 0.286. The summed E-state index contributed by atoms with van der Waals surface area (Å²) in [5, 5.41) is 0.863. The number of carbonyl (C=O) groups excluding carboxylic acids is 2. The van der Waals surface area contributed by atoms with Crippen molar-refractivity contribution in [1.29, 1.82) is 0 Å². The first-order valence-electron chi connectivity index (χ1n) is 4.42. The molecule has 2 fully saturated rings. The molecular weight excluding hydrogens is 316 g/mol. The second-order valence-electron chi connectivity index (χ2n) is 3.16. The lowest BCUT2D eigenvalue weighted by atomic mass is 10.2. The monoisotopic (exact) mass is 320 g/mol. The Hall–Kier alpha value is -1.20. The Labute approximate surface area is 113 Å². The maximum absolute atomic E-state index is 11.9. The molecule has 19 heavy (non-hydrogen) atoms. The molecule has 2 aliphatic heterocycles. The average Bonchev–Trinajstić information content (AvgIpc) is 2.40. The molecule has 0 amide bonds. The van der Waals surface area contributed by atoms with Crippen LogP contribution in [0.5, 0.6) is 0 Å². The maximum atomic E-state index is 11.9. The first-order valence-corrected chi connectivity index (χ1v) is 5.24. The van der Waals surface area contributed by atoms with Gasteiger partial charge in [0.15, 0.2) is 10.1 Å². The van der Waals surface area contributed by atoms with Gasteiger partial charge in [-0.25, -0.2) is 9.59 Å². The summed E-state index contributed by atoms with van der Waals surface area (Å²) in [6.07, 6.45) is 0. The van der Waals surface area contributed by atoms with E-state index in [4.69, 9.17) is 9.47 Å². The van der Waals surface area contributed by atoms with E-state index in [9.17, 15) is 27.2 Å². The topological polar surface area (TPSA) is 61.8 Å². The van der Waals surface area contributed by atoms with Crippen molar-refractivity contribution in [2.75, 3.05) is 13.2 Å². The summed E-state index contributed by atoms with van der Waals surface area (Å²) >= 11 is 9.30. The van der Waals surface area contributed by atoms with Crippen molar-refractivity contribution in [3.8, 4) is 0 Å². The predicted octanol–water partition coefficient (Wildman–Crippen LogP) is 1.03. The van der Waals surface area contributed by atoms with Crippen LogP contribution in [0.25, 0.3) is 0 Å². The Bertz CT molecular complexity index is 412. The van der Waals surface area contributed by atoms with Crippen molar-refractivity contribution < 1.29 is 41.4 Å². The van der Waals surface area contributed by atoms with E-state index in [1.54, 1.807) is 0 Å². The highest BCUT2D eigenvalue weighted by molar-refractivity contribution is 7.81. The molecule has 2 aliphatic rings. The highest BCUT2D eigenvalue weighted by Crippen LogP contribution is 2.41. The van der Waals surface area contributed by atoms with Gasteiger partial charge in [0.05, 0.1) is 0 Å². The van der Waals surface area contributed by atoms with Gasteiger partial charge in [-0.15, -0.1) is 0 Å². The summed E-state index contributed by atoms with van der Waals surface area (Å²) < 4.78 is 60.4. The van der Waals surface area contributed by atoms with Crippen LogP contribution in [0.3, 0.4) is 0 Å². The molecule has 5 nitrogen and oxygen atoms in total. The third-order valence-corrected chi connectivity index (χ3v) is 2.16. The van der Waals surface area contributed by atoms with Crippen LogP contribution in [0.2, 0.25) is 0 Å². The summed E-state index contributed by atoms with van der Waals surface area (Å²) in [5.41, 5.74) is 0. The van der Waals surface area contributed by atoms with E-state index in [0.29, 0.717) is 23.3 Å². The van der Waals surface area contributed by atoms with Gasteiger partial charge in [0, 0.05) is 0 Å². The fourth-order valence-electron chi connectivity index (χ4n) is 0.872. The Kier molecular flexibility index (Phi) is 4.53. The second kappa shape index (κ2) is 5.43. The molecule has 106 valence electrons. The van der Waals surface area contributed by atoms with Gasteiger partial charge in [0.2, 0.25) is 0 Å². The van der Waals surface area contributed by atoms with E-state index in [0.717, 1.165) is 0 Å². The first-order chi connectivity index (χ1) is 8.59. The van der Waals surface area contributed by atoms with Crippen LogP contribution in [0.4, 0.5) is 17.6 Å². The zero-order valence-corrected chi connectivity index (χ0v) is 10.4. The molecule has 0 N–H and O–H groups in total. The SMILES string of the molecule is O=C1OC(=O)C(F)(F)C1(F)F.S=C1COCC(=S)O1. The number of thiocarbonyl (C=S) groups is 2. The fraction of sp³-hybridized carbons (Fsp3) is 0.500. The van der Waals surface area contributed by atoms with Crippen LogP contribution in [0.1, 0.15) is 0 Å². The highest BCUT2D eigenvalue weighted by Gasteiger charge is 2.75. The Morgan fingerprint density at radius 3 is 1.37 bits per heavy atom. The standard InChI is InChI=1S/C4F4O3.C4H4O2S2/c5-3(6)1(9)11-2(10)4(3,7)8;7-3-1-5-2-4(8)6-3/h;1-2H2. The van der Waals surface area contributed by atoms with Gasteiger partial charge < -0.3 is 14.2 Å². The number of hydrogen-bond acceptors (Lipinski definition) is 7. The first kappa shape index (κ1) is 15.9. The van der Waals surface area contributed by atoms with E-state index < -0.39 is 23.8 Å². The van der Waals surface area contributed by atoms with Gasteiger partial charge in [0.25, 0.3) is 0 Å². The van der Waals surface area contributed by atoms with Crippen LogP contribution < -0.4 is 0 Å². The molecule has 0 aliphatic carbocycles. The molecule has 2 heterocycles. The van der Waals surface area contributed by atoms with Gasteiger partial charge in [0.1, 0.15) is 13.2 Å². The summed E-state index contributed by atoms with van der Waals surface area (Å²) in [7, 11) is 0. The van der Waals surface area contributed by atoms with Crippen molar-refractivity contribution in [1.82, 2.24) is 0 Å². The van der Waals surface area contributed by atoms with E-state index in [2.05, 4.69) is 29.2 Å². The number of ether oxygens (including phenoxy) is 3. The summed E-state index contributed by atoms with van der Waals surface area (Å²) in [5.74, 6) is -15.1. The molecule has 0 atom stereocenters. The number of esters is 2. The average molecular weight is 320 g/mol. The maximum Gasteiger partial charge on any atom is 0.416 e. The van der Waals surface area contributed by atoms with Gasteiger partial charge >= 0.3 is 23.8 Å². The fourth-order valence-corrected chi connectivity index (χ4v) is 1.29. The number of alkyl halides is 4. The van der Waals surface area contributed by atoms with Crippen molar-refractivity contribution in [2.45, 2.75) is 11.8 Å². The lowest BCUT2D eigenvalue weighted by molar-refractivity contribution is -0.192. The van der Waals surface area contributed by atoms with E-state index in [1.807, 2.05) is 0 Å². The molecule has 0 spiro atoms. The number of rotatable bonds is 0. The Morgan fingerprint density at radius 1 is 0.842 bits per heavy atom. The van der Waals surface area contributed by atoms with Crippen molar-refractivity contribution in [3.63, 3.8) is 0 Å². The minimum absolute atomic E-state index is 0.398. The van der Waals surface area contributed by atoms with Crippen LogP contribution in [0.15, 0.2) is 0 Å². The van der Waals surface area contributed by atoms with Crippen LogP contribution in [-0.2, 0) is 23.8 Å². The Morgan fingerprint density at radius 2 is 1.21 bits per heavy atom. The summed E-state index contributed by atoms with van der Waals surface area (Å²) in [6, 6.07) is 0. The highest BCUT2D eigenvalue weighted by atomic mass is 32.1. The third kappa shape index (κ3) is 3.22. The molecular formula is C8H4F4O5S2. The molecule has 0 aromatic heterocycles. The minimum atomic E-state index is -5.02. The molecule has 11 heteroatoms. The zero-order chi connectivity index (χ0) is 14.8. The summed E-state index contributed by atoms with van der Waals surface area (Å²) in [4.78, 5) is 19.7. The smallest absolute Gasteiger partial charge is 0.416 e. The number of carbonyl (C=O) groups is 2. The minimum Gasteiger partial charge on any atom is -0.438 e. The van der Waals surface area contributed by atoms with Gasteiger partial charge in [-0.1, -0.05) is 0 Å². The Balaban J connectivity index is 0.000000200. The molecule has 2 rings (SSSR count). The lowest BCUT2D eigenvalue weighted by Gasteiger charge is -2.13. The molecule has 0 aromatic carbocycles. The van der Waals surface area contributed by atoms with E-state index in [-0.39, 0.29) is 0 Å². The second-order valence-corrected chi connectivity index (χ2v) is 4.08. The van der Waals surface area contributed by atoms with Crippen molar-refractivity contribution in [3.05, 3.63) is 0 Å². The van der Waals surface area contributed by atoms with Gasteiger partial charge in [-0.3, -0.25) is 0 Å². The van der Waals surface area contributed by atoms with Crippen LogP contribution >= 0.6 is 24.4 Å². The predicted molar refractivity (Wildman–Crippen MR) is 58.1 cm³/mol. The van der Waals surface area contributed by atoms with Crippen molar-refractivity contribution >= 4 is 46.5 Å². The van der Waals surface area contributed by atoms with E-state index in [1.165, 1.54) is 0 Å². The largest absolute Gasteiger partial charge is 0.438 e. The van der Waals surface area contributed by atoms with Crippen LogP contribution in [0, 0.1) is 0 Å². The third-order valence-electron chi connectivity index (χ3n) is 1.76. The summed E-state index contributed by atoms with van der Waals surface area (Å²) in [6.45, 7) is 0.797. The van der Waals surface area contributed by atoms with Crippen LogP contribution in [-0.4, -0.2) is 47.1 Å². The number of hydrogen-bond donors (Lipinski definition) is 0. The van der Waals surface area contributed by atoms with Crippen molar-refractivity contribution in [2.24, 2.45) is 0 Å². The van der Waals surface area contributed by atoms with Gasteiger partial charge in [-0.2, -0.15) is 17.6 Å². The molecule has 0 radical (unpaired) electrons. The normalized spacial score (nSPS) is 24.2. The van der Waals surface area contributed by atoms with Gasteiger partial charge in [-0.05, 0) is 24.4 Å². The molecule has 2 saturated heterocycles. The number of halogens is 4. The lowest BCUT2D eigenvalue weighted by Crippen LogP contribution is -2.43. The zero-order valence-electron chi connectivity index (χ0n) is 8.78. The van der Waals surface area contributed by atoms with E-state index >= 15 is 0 Å².